The number of hydrogen-bond donors (Lipinski definition) is 1. The van der Waals surface area contributed by atoms with E-state index >= 15 is 0 Å². The van der Waals surface area contributed by atoms with E-state index < -0.39 is 6.04 Å². The number of amides is 2. The SMILES string of the molecule is CC(=O)c1nn(CC(=O)N2[C@@H]3CC3C[C@H]2C(=O)NCC(F)=C(C)C2CC2)c2ccc(-c3cnc(C)nc3)cc12. The number of carbonyl (C=O) groups excluding carboxylic acids is 3. The first-order valence-corrected chi connectivity index (χ1v) is 13.5. The van der Waals surface area contributed by atoms with Gasteiger partial charge in [0.15, 0.2) is 5.78 Å². The highest BCUT2D eigenvalue weighted by Crippen LogP contribution is 2.48. The molecule has 1 saturated heterocycles. The molecule has 3 aliphatic rings. The second kappa shape index (κ2) is 9.66. The van der Waals surface area contributed by atoms with Gasteiger partial charge in [-0.3, -0.25) is 19.1 Å². The van der Waals surface area contributed by atoms with Crippen molar-refractivity contribution in [2.24, 2.45) is 11.8 Å². The van der Waals surface area contributed by atoms with Gasteiger partial charge in [-0.25, -0.2) is 14.4 Å². The van der Waals surface area contributed by atoms with Crippen molar-refractivity contribution in [1.82, 2.24) is 30.0 Å². The molecule has 1 unspecified atom stereocenters. The first-order chi connectivity index (χ1) is 18.7. The Bertz CT molecular complexity index is 1520. The van der Waals surface area contributed by atoms with Gasteiger partial charge in [-0.05, 0) is 74.6 Å². The maximum absolute atomic E-state index is 14.5. The minimum Gasteiger partial charge on any atom is -0.348 e. The predicted molar refractivity (Wildman–Crippen MR) is 142 cm³/mol. The largest absolute Gasteiger partial charge is 0.348 e. The zero-order chi connectivity index (χ0) is 27.4. The van der Waals surface area contributed by atoms with Gasteiger partial charge in [0.25, 0.3) is 0 Å². The van der Waals surface area contributed by atoms with E-state index in [1.165, 1.54) is 11.6 Å². The minimum atomic E-state index is -0.627. The number of benzene rings is 1. The molecule has 2 amide bonds. The quantitative estimate of drug-likeness (QED) is 0.444. The van der Waals surface area contributed by atoms with Gasteiger partial charge in [-0.2, -0.15) is 5.10 Å². The Labute approximate surface area is 225 Å². The molecule has 1 aliphatic heterocycles. The Kier molecular flexibility index (Phi) is 6.28. The molecule has 9 nitrogen and oxygen atoms in total. The van der Waals surface area contributed by atoms with Gasteiger partial charge in [-0.15, -0.1) is 0 Å². The first-order valence-electron chi connectivity index (χ1n) is 13.5. The van der Waals surface area contributed by atoms with Crippen LogP contribution in [0.3, 0.4) is 0 Å². The lowest BCUT2D eigenvalue weighted by Gasteiger charge is -2.27. The van der Waals surface area contributed by atoms with Crippen LogP contribution in [0.25, 0.3) is 22.0 Å². The number of halogens is 1. The Morgan fingerprint density at radius 1 is 1.08 bits per heavy atom. The molecular formula is C29H31FN6O3. The summed E-state index contributed by atoms with van der Waals surface area (Å²) in [5, 5.41) is 7.84. The molecule has 0 spiro atoms. The molecule has 0 radical (unpaired) electrons. The standard InChI is InChI=1S/C29H31FN6O3/c1-15(18-4-5-18)23(30)13-33-29(39)26-10-20-9-25(20)36(26)27(38)14-35-24-7-6-19(21-11-31-17(3)32-12-21)8-22(24)28(34-35)16(2)37/h6-8,11-12,18,20,25-26H,4-5,9-10,13-14H2,1-3H3,(H,33,39)/t20?,25-,26+/m1/s1. The lowest BCUT2D eigenvalue weighted by atomic mass is 10.0. The number of rotatable bonds is 8. The maximum atomic E-state index is 14.5. The van der Waals surface area contributed by atoms with E-state index in [9.17, 15) is 18.8 Å². The van der Waals surface area contributed by atoms with Crippen LogP contribution in [-0.4, -0.2) is 60.9 Å². The number of Topliss-reactive ketones (excluding diaryl/α,β-unsaturated/α-hetero) is 1. The highest BCUT2D eigenvalue weighted by molar-refractivity contribution is 6.06. The lowest BCUT2D eigenvalue weighted by molar-refractivity contribution is -0.140. The molecular weight excluding hydrogens is 499 g/mol. The molecule has 3 fully saturated rings. The van der Waals surface area contributed by atoms with Gasteiger partial charge in [0.1, 0.15) is 29.9 Å². The third-order valence-corrected chi connectivity index (χ3v) is 8.21. The molecule has 0 bridgehead atoms. The third-order valence-electron chi connectivity index (χ3n) is 8.21. The fourth-order valence-electron chi connectivity index (χ4n) is 5.70. The van der Waals surface area contributed by atoms with Crippen molar-refractivity contribution >= 4 is 28.5 Å². The van der Waals surface area contributed by atoms with E-state index in [2.05, 4.69) is 20.4 Å². The molecule has 6 rings (SSSR count). The van der Waals surface area contributed by atoms with Crippen LogP contribution in [0.4, 0.5) is 4.39 Å². The molecule has 1 N–H and O–H groups in total. The number of aryl methyl sites for hydroxylation is 1. The summed E-state index contributed by atoms with van der Waals surface area (Å²) in [7, 11) is 0. The Balaban J connectivity index is 1.22. The fourth-order valence-corrected chi connectivity index (χ4v) is 5.70. The van der Waals surface area contributed by atoms with Crippen LogP contribution in [0.5, 0.6) is 0 Å². The molecule has 2 aliphatic carbocycles. The number of fused-ring (bicyclic) bond motifs is 2. The van der Waals surface area contributed by atoms with Gasteiger partial charge in [-0.1, -0.05) is 6.07 Å². The van der Waals surface area contributed by atoms with Crippen molar-refractivity contribution in [2.75, 3.05) is 6.54 Å². The summed E-state index contributed by atoms with van der Waals surface area (Å²) in [6.45, 7) is 4.80. The second-order valence-electron chi connectivity index (χ2n) is 11.0. The molecule has 3 aromatic rings. The summed E-state index contributed by atoms with van der Waals surface area (Å²) < 4.78 is 16.0. The van der Waals surface area contributed by atoms with Crippen LogP contribution in [0.15, 0.2) is 42.0 Å². The molecule has 10 heteroatoms. The minimum absolute atomic E-state index is 0.0177. The average Bonchev–Trinajstić information content (AvgIpc) is 3.85. The van der Waals surface area contributed by atoms with Crippen molar-refractivity contribution < 1.29 is 18.8 Å². The van der Waals surface area contributed by atoms with E-state index in [4.69, 9.17) is 0 Å². The van der Waals surface area contributed by atoms with E-state index in [0.29, 0.717) is 40.6 Å². The molecule has 1 aromatic carbocycles. The average molecular weight is 531 g/mol. The predicted octanol–water partition coefficient (Wildman–Crippen LogP) is 3.76. The number of piperidine rings is 1. The van der Waals surface area contributed by atoms with Gasteiger partial charge >= 0.3 is 0 Å². The van der Waals surface area contributed by atoms with Crippen molar-refractivity contribution in [1.29, 1.82) is 0 Å². The summed E-state index contributed by atoms with van der Waals surface area (Å²) in [4.78, 5) is 49.2. The monoisotopic (exact) mass is 530 g/mol. The number of ketones is 1. The van der Waals surface area contributed by atoms with E-state index in [-0.39, 0.29) is 48.2 Å². The van der Waals surface area contributed by atoms with Crippen molar-refractivity contribution in [3.63, 3.8) is 0 Å². The van der Waals surface area contributed by atoms with E-state index in [1.807, 2.05) is 25.1 Å². The van der Waals surface area contributed by atoms with Crippen LogP contribution in [0, 0.1) is 18.8 Å². The molecule has 2 saturated carbocycles. The van der Waals surface area contributed by atoms with Crippen molar-refractivity contribution in [3.8, 4) is 11.1 Å². The number of nitrogens with one attached hydrogen (secondary N) is 1. The topological polar surface area (TPSA) is 110 Å². The number of hydrogen-bond acceptors (Lipinski definition) is 6. The highest BCUT2D eigenvalue weighted by Gasteiger charge is 2.56. The Morgan fingerprint density at radius 2 is 1.82 bits per heavy atom. The maximum Gasteiger partial charge on any atom is 0.245 e. The summed E-state index contributed by atoms with van der Waals surface area (Å²) >= 11 is 0. The Hall–Kier alpha value is -3.95. The van der Waals surface area contributed by atoms with E-state index in [0.717, 1.165) is 30.4 Å². The van der Waals surface area contributed by atoms with Gasteiger partial charge in [0.05, 0.1) is 12.1 Å². The van der Waals surface area contributed by atoms with Gasteiger partial charge < -0.3 is 10.2 Å². The number of likely N-dealkylation sites (tertiary alicyclic amines) is 1. The van der Waals surface area contributed by atoms with Gasteiger partial charge in [0, 0.05) is 36.3 Å². The zero-order valence-corrected chi connectivity index (χ0v) is 22.3. The summed E-state index contributed by atoms with van der Waals surface area (Å²) in [5.41, 5.74) is 3.29. The number of carbonyl (C=O) groups is 3. The van der Waals surface area contributed by atoms with Crippen LogP contribution < -0.4 is 5.32 Å². The molecule has 3 atom stereocenters. The van der Waals surface area contributed by atoms with E-state index in [1.54, 1.807) is 24.2 Å². The van der Waals surface area contributed by atoms with Gasteiger partial charge in [0.2, 0.25) is 11.8 Å². The zero-order valence-electron chi connectivity index (χ0n) is 22.3. The molecule has 3 heterocycles. The first kappa shape index (κ1) is 25.3. The Morgan fingerprint density at radius 3 is 2.51 bits per heavy atom. The molecule has 39 heavy (non-hydrogen) atoms. The van der Waals surface area contributed by atoms with Crippen LogP contribution in [-0.2, 0) is 16.1 Å². The van der Waals surface area contributed by atoms with Crippen LogP contribution >= 0.6 is 0 Å². The summed E-state index contributed by atoms with van der Waals surface area (Å²) in [6.07, 6.45) is 6.89. The van der Waals surface area contributed by atoms with Crippen molar-refractivity contribution in [3.05, 3.63) is 53.5 Å². The van der Waals surface area contributed by atoms with Crippen molar-refractivity contribution in [2.45, 2.75) is 65.1 Å². The van der Waals surface area contributed by atoms with Crippen LogP contribution in [0.1, 0.15) is 55.8 Å². The smallest absolute Gasteiger partial charge is 0.245 e. The lowest BCUT2D eigenvalue weighted by Crippen LogP contribution is -2.49. The number of nitrogens with zero attached hydrogens (tertiary/aromatic N) is 5. The summed E-state index contributed by atoms with van der Waals surface area (Å²) in [5.74, 6) is 0.195. The molecule has 202 valence electrons. The fraction of sp³-hybridized carbons (Fsp3) is 0.448. The van der Waals surface area contributed by atoms with Crippen LogP contribution in [0.2, 0.25) is 0 Å². The molecule has 2 aromatic heterocycles. The number of allylic oxidation sites excluding steroid dienone is 1. The summed E-state index contributed by atoms with van der Waals surface area (Å²) in [6, 6.07) is 4.98. The third kappa shape index (κ3) is 4.84. The highest BCUT2D eigenvalue weighted by atomic mass is 19.1. The normalized spacial score (nSPS) is 22.5. The number of aromatic nitrogens is 4. The second-order valence-corrected chi connectivity index (χ2v) is 11.0.